The van der Waals surface area contributed by atoms with Gasteiger partial charge in [0.05, 0.1) is 0 Å². The zero-order valence-corrected chi connectivity index (χ0v) is 25.3. The fourth-order valence-corrected chi connectivity index (χ4v) is 7.08. The molecule has 0 atom stereocenters. The normalized spacial score (nSPS) is 11.9. The molecule has 0 saturated carbocycles. The molecule has 0 aliphatic heterocycles. The molecule has 4 heteroatoms. The predicted octanol–water partition coefficient (Wildman–Crippen LogP) is 11.2. The second-order valence-electron chi connectivity index (χ2n) is 8.89. The summed E-state index contributed by atoms with van der Waals surface area (Å²) in [7, 11) is 0. The summed E-state index contributed by atoms with van der Waals surface area (Å²) in [6, 6.07) is 31.0. The first-order valence-corrected chi connectivity index (χ1v) is 17.3. The third-order valence-electron chi connectivity index (χ3n) is 6.66. The second kappa shape index (κ2) is 12.6. The topological polar surface area (TPSA) is 0 Å². The van der Waals surface area contributed by atoms with Gasteiger partial charge in [0.1, 0.15) is 0 Å². The maximum absolute atomic E-state index is 2.34. The first-order chi connectivity index (χ1) is 18.6. The van der Waals surface area contributed by atoms with Crippen molar-refractivity contribution in [3.05, 3.63) is 107 Å². The van der Waals surface area contributed by atoms with E-state index in [0.29, 0.717) is 0 Å². The molecule has 0 unspecified atom stereocenters. The lowest BCUT2D eigenvalue weighted by atomic mass is 10.0. The van der Waals surface area contributed by atoms with Gasteiger partial charge in [0.2, 0.25) is 0 Å². The molecule has 0 heterocycles. The molecule has 0 aliphatic rings. The lowest BCUT2D eigenvalue weighted by molar-refractivity contribution is 1.31. The van der Waals surface area contributed by atoms with Crippen molar-refractivity contribution in [2.45, 2.75) is 19.6 Å². The molecule has 0 aliphatic carbocycles. The Hall–Kier alpha value is -2.50. The molecule has 0 spiro atoms. The van der Waals surface area contributed by atoms with E-state index in [1.807, 2.05) is 0 Å². The monoisotopic (exact) mass is 566 g/mol. The van der Waals surface area contributed by atoms with Crippen LogP contribution in [0.4, 0.5) is 0 Å². The van der Waals surface area contributed by atoms with Gasteiger partial charge in [0.15, 0.2) is 0 Å². The minimum atomic E-state index is 1.26. The summed E-state index contributed by atoms with van der Waals surface area (Å²) in [5, 5.41) is 5.13. The van der Waals surface area contributed by atoms with Gasteiger partial charge in [0, 0.05) is 19.6 Å². The Balaban J connectivity index is 1.51. The molecule has 0 N–H and O–H groups in total. The maximum atomic E-state index is 2.34. The van der Waals surface area contributed by atoms with Crippen LogP contribution in [0.1, 0.15) is 22.3 Å². The van der Waals surface area contributed by atoms with E-state index in [4.69, 9.17) is 0 Å². The molecule has 5 aromatic carbocycles. The van der Waals surface area contributed by atoms with Gasteiger partial charge in [-0.15, -0.1) is 47.0 Å². The van der Waals surface area contributed by atoms with Gasteiger partial charge in [-0.2, -0.15) is 0 Å². The van der Waals surface area contributed by atoms with E-state index in [0.717, 1.165) is 0 Å². The summed E-state index contributed by atoms with van der Waals surface area (Å²) in [6.45, 7) is 0. The molecule has 0 bridgehead atoms. The van der Waals surface area contributed by atoms with Crippen LogP contribution in [0, 0.1) is 0 Å². The highest BCUT2D eigenvalue weighted by molar-refractivity contribution is 7.99. The van der Waals surface area contributed by atoms with Crippen LogP contribution < -0.4 is 0 Å². The Labute approximate surface area is 243 Å². The minimum Gasteiger partial charge on any atom is -0.129 e. The quantitative estimate of drug-likeness (QED) is 0.135. The molecule has 0 nitrogen and oxygen atoms in total. The van der Waals surface area contributed by atoms with Crippen LogP contribution in [0.15, 0.2) is 105 Å². The summed E-state index contributed by atoms with van der Waals surface area (Å²) in [6.07, 6.45) is 17.7. The van der Waals surface area contributed by atoms with Crippen molar-refractivity contribution < 1.29 is 0 Å². The molecule has 0 radical (unpaired) electrons. The van der Waals surface area contributed by atoms with E-state index in [1.165, 1.54) is 63.4 Å². The van der Waals surface area contributed by atoms with Gasteiger partial charge in [-0.05, 0) is 105 Å². The summed E-state index contributed by atoms with van der Waals surface area (Å²) >= 11 is 7.21. The number of rotatable bonds is 8. The van der Waals surface area contributed by atoms with Crippen molar-refractivity contribution in [3.63, 3.8) is 0 Å². The molecular formula is C34H30S4. The first-order valence-electron chi connectivity index (χ1n) is 12.4. The van der Waals surface area contributed by atoms with Crippen LogP contribution in [0.2, 0.25) is 0 Å². The van der Waals surface area contributed by atoms with E-state index in [9.17, 15) is 0 Å². The highest BCUT2D eigenvalue weighted by Gasteiger charge is 2.08. The average Bonchev–Trinajstić information content (AvgIpc) is 2.97. The van der Waals surface area contributed by atoms with Crippen molar-refractivity contribution in [1.82, 2.24) is 0 Å². The van der Waals surface area contributed by atoms with Crippen LogP contribution in [-0.2, 0) is 0 Å². The van der Waals surface area contributed by atoms with E-state index >= 15 is 0 Å². The van der Waals surface area contributed by atoms with Crippen LogP contribution in [0.3, 0.4) is 0 Å². The molecule has 0 fully saturated rings. The molecule has 0 amide bonds. The molecule has 0 saturated heterocycles. The molecule has 0 aromatic heterocycles. The fraction of sp³-hybridized carbons (Fsp3) is 0.118. The number of thioether (sulfide) groups is 4. The van der Waals surface area contributed by atoms with E-state index in [2.05, 4.69) is 134 Å². The molecular weight excluding hydrogens is 537 g/mol. The number of benzene rings is 5. The molecule has 190 valence electrons. The third-order valence-corrected chi connectivity index (χ3v) is 9.84. The molecule has 5 aromatic rings. The van der Waals surface area contributed by atoms with Gasteiger partial charge in [0.25, 0.3) is 0 Å². The van der Waals surface area contributed by atoms with Gasteiger partial charge in [-0.3, -0.25) is 0 Å². The Morgan fingerprint density at radius 2 is 0.632 bits per heavy atom. The van der Waals surface area contributed by atoms with Crippen LogP contribution in [-0.4, -0.2) is 25.0 Å². The fourth-order valence-electron chi connectivity index (χ4n) is 4.65. The standard InChI is InChI=1S/C34H30S4/c1-35-31-19-25-11-7-5-9-23(25)17-27(31)13-15-29-21-34(38-4)30(22-33(29)37-3)16-14-28-18-24-10-6-8-12-26(24)20-32(28)36-2/h5-22H,1-4H3/b15-13+,16-14+. The van der Waals surface area contributed by atoms with Gasteiger partial charge >= 0.3 is 0 Å². The number of fused-ring (bicyclic) bond motifs is 2. The largest absolute Gasteiger partial charge is 0.129 e. The summed E-state index contributed by atoms with van der Waals surface area (Å²) in [5.41, 5.74) is 5.04. The van der Waals surface area contributed by atoms with Gasteiger partial charge in [-0.25, -0.2) is 0 Å². The maximum Gasteiger partial charge on any atom is 0.0148 e. The third kappa shape index (κ3) is 5.89. The zero-order valence-electron chi connectivity index (χ0n) is 22.0. The van der Waals surface area contributed by atoms with Gasteiger partial charge < -0.3 is 0 Å². The second-order valence-corrected chi connectivity index (χ2v) is 12.3. The Morgan fingerprint density at radius 1 is 0.368 bits per heavy atom. The summed E-state index contributed by atoms with van der Waals surface area (Å²) < 4.78 is 0. The van der Waals surface area contributed by atoms with Crippen LogP contribution >= 0.6 is 47.0 Å². The van der Waals surface area contributed by atoms with Crippen molar-refractivity contribution in [2.24, 2.45) is 0 Å². The minimum absolute atomic E-state index is 1.26. The number of hydrogen-bond donors (Lipinski definition) is 0. The van der Waals surface area contributed by atoms with Crippen molar-refractivity contribution in [3.8, 4) is 0 Å². The Morgan fingerprint density at radius 3 is 0.947 bits per heavy atom. The van der Waals surface area contributed by atoms with E-state index in [-0.39, 0.29) is 0 Å². The highest BCUT2D eigenvalue weighted by Crippen LogP contribution is 2.35. The Bertz CT molecular complexity index is 1540. The van der Waals surface area contributed by atoms with Gasteiger partial charge in [-0.1, -0.05) is 72.8 Å². The first kappa shape index (κ1) is 27.1. The lowest BCUT2D eigenvalue weighted by Gasteiger charge is -2.11. The van der Waals surface area contributed by atoms with Crippen molar-refractivity contribution in [1.29, 1.82) is 0 Å². The smallest absolute Gasteiger partial charge is 0.0148 e. The SMILES string of the molecule is CSc1cc(/C=C/c2cc3ccccc3cc2SC)c(SC)cc1/C=C/c1cc2ccccc2cc1SC. The van der Waals surface area contributed by atoms with Crippen molar-refractivity contribution in [2.75, 3.05) is 25.0 Å². The molecule has 38 heavy (non-hydrogen) atoms. The lowest BCUT2D eigenvalue weighted by Crippen LogP contribution is -1.88. The van der Waals surface area contributed by atoms with Crippen molar-refractivity contribution >= 4 is 92.9 Å². The summed E-state index contributed by atoms with van der Waals surface area (Å²) in [4.78, 5) is 5.17. The zero-order chi connectivity index (χ0) is 26.5. The van der Waals surface area contributed by atoms with Crippen LogP contribution in [0.25, 0.3) is 45.8 Å². The van der Waals surface area contributed by atoms with E-state index in [1.54, 1.807) is 47.0 Å². The summed E-state index contributed by atoms with van der Waals surface area (Å²) in [5.74, 6) is 0. The van der Waals surface area contributed by atoms with Crippen LogP contribution in [0.5, 0.6) is 0 Å². The van der Waals surface area contributed by atoms with E-state index < -0.39 is 0 Å². The Kier molecular flexibility index (Phi) is 8.96. The average molecular weight is 567 g/mol. The molecule has 5 rings (SSSR count). The highest BCUT2D eigenvalue weighted by atomic mass is 32.2. The number of hydrogen-bond acceptors (Lipinski definition) is 4. The predicted molar refractivity (Wildman–Crippen MR) is 179 cm³/mol.